The second-order valence-electron chi connectivity index (χ2n) is 5.97. The molecule has 0 fully saturated rings. The highest BCUT2D eigenvalue weighted by Gasteiger charge is 2.21. The number of benzene rings is 1. The van der Waals surface area contributed by atoms with Crippen molar-refractivity contribution in [2.75, 3.05) is 0 Å². The zero-order chi connectivity index (χ0) is 16.8. The molecule has 1 amide bonds. The number of aliphatic hydroxyl groups excluding tert-OH is 1. The van der Waals surface area contributed by atoms with Gasteiger partial charge in [0.05, 0.1) is 25.3 Å². The van der Waals surface area contributed by atoms with Crippen molar-refractivity contribution < 1.29 is 19.4 Å². The molecule has 23 heavy (non-hydrogen) atoms. The predicted octanol–water partition coefficient (Wildman–Crippen LogP) is 2.92. The Morgan fingerprint density at radius 1 is 1.17 bits per heavy atom. The Morgan fingerprint density at radius 2 is 1.91 bits per heavy atom. The number of phenolic OH excluding ortho intramolecular Hbond substituents is 1. The van der Waals surface area contributed by atoms with Crippen LogP contribution in [0.2, 0.25) is 0 Å². The molecule has 2 N–H and O–H groups in total. The van der Waals surface area contributed by atoms with Gasteiger partial charge in [-0.1, -0.05) is 32.0 Å². The highest BCUT2D eigenvalue weighted by Crippen LogP contribution is 2.20. The Bertz CT molecular complexity index is 622. The van der Waals surface area contributed by atoms with Crippen molar-refractivity contribution in [3.05, 3.63) is 54.0 Å². The Labute approximate surface area is 136 Å². The van der Waals surface area contributed by atoms with E-state index in [2.05, 4.69) is 0 Å². The van der Waals surface area contributed by atoms with Gasteiger partial charge >= 0.3 is 0 Å². The van der Waals surface area contributed by atoms with E-state index >= 15 is 0 Å². The normalized spacial score (nSPS) is 12.3. The summed E-state index contributed by atoms with van der Waals surface area (Å²) >= 11 is 0. The molecule has 1 aromatic heterocycles. The number of para-hydroxylation sites is 1. The van der Waals surface area contributed by atoms with E-state index in [4.69, 9.17) is 4.42 Å². The van der Waals surface area contributed by atoms with Crippen LogP contribution in [-0.4, -0.2) is 27.1 Å². The quantitative estimate of drug-likeness (QED) is 0.823. The van der Waals surface area contributed by atoms with E-state index in [0.717, 1.165) is 0 Å². The second kappa shape index (κ2) is 7.83. The van der Waals surface area contributed by atoms with Crippen LogP contribution in [0.15, 0.2) is 47.1 Å². The number of aliphatic hydroxyl groups is 1. The summed E-state index contributed by atoms with van der Waals surface area (Å²) in [6.07, 6.45) is 0.915. The van der Waals surface area contributed by atoms with Gasteiger partial charge < -0.3 is 19.5 Å². The predicted molar refractivity (Wildman–Crippen MR) is 86.5 cm³/mol. The monoisotopic (exact) mass is 317 g/mol. The van der Waals surface area contributed by atoms with Crippen LogP contribution >= 0.6 is 0 Å². The standard InChI is InChI=1S/C18H23NO4/c1-13(2)17(21)10-18(22)19(12-15-7-5-9-23-15)11-14-6-3-4-8-16(14)20/h3-9,13,17,20-21H,10-12H2,1-2H3. The molecule has 0 aliphatic heterocycles. The minimum Gasteiger partial charge on any atom is -0.508 e. The van der Waals surface area contributed by atoms with Crippen LogP contribution in [0.1, 0.15) is 31.6 Å². The van der Waals surface area contributed by atoms with Gasteiger partial charge in [0, 0.05) is 12.1 Å². The van der Waals surface area contributed by atoms with Gasteiger partial charge in [-0.2, -0.15) is 0 Å². The van der Waals surface area contributed by atoms with Gasteiger partial charge in [-0.3, -0.25) is 4.79 Å². The van der Waals surface area contributed by atoms with Crippen LogP contribution in [0.25, 0.3) is 0 Å². The largest absolute Gasteiger partial charge is 0.508 e. The molecule has 1 unspecified atom stereocenters. The SMILES string of the molecule is CC(C)C(O)CC(=O)N(Cc1ccco1)Cc1ccccc1O. The van der Waals surface area contributed by atoms with Gasteiger partial charge in [-0.15, -0.1) is 0 Å². The van der Waals surface area contributed by atoms with Crippen LogP contribution < -0.4 is 0 Å². The first-order valence-corrected chi connectivity index (χ1v) is 7.72. The van der Waals surface area contributed by atoms with Gasteiger partial charge in [-0.25, -0.2) is 0 Å². The Kier molecular flexibility index (Phi) is 5.82. The highest BCUT2D eigenvalue weighted by atomic mass is 16.3. The lowest BCUT2D eigenvalue weighted by Gasteiger charge is -2.24. The number of amides is 1. The topological polar surface area (TPSA) is 73.9 Å². The molecule has 5 nitrogen and oxygen atoms in total. The van der Waals surface area contributed by atoms with E-state index in [-0.39, 0.29) is 30.5 Å². The summed E-state index contributed by atoms with van der Waals surface area (Å²) in [5.41, 5.74) is 0.659. The lowest BCUT2D eigenvalue weighted by atomic mass is 10.0. The van der Waals surface area contributed by atoms with E-state index in [1.165, 1.54) is 0 Å². The summed E-state index contributed by atoms with van der Waals surface area (Å²) < 4.78 is 5.32. The highest BCUT2D eigenvalue weighted by molar-refractivity contribution is 5.76. The molecule has 0 aliphatic carbocycles. The van der Waals surface area contributed by atoms with Gasteiger partial charge in [0.25, 0.3) is 0 Å². The van der Waals surface area contributed by atoms with E-state index in [1.54, 1.807) is 41.5 Å². The molecule has 0 radical (unpaired) electrons. The van der Waals surface area contributed by atoms with Gasteiger partial charge in [0.2, 0.25) is 5.91 Å². The number of carbonyl (C=O) groups excluding carboxylic acids is 1. The number of rotatable bonds is 7. The third-order valence-corrected chi connectivity index (χ3v) is 3.79. The summed E-state index contributed by atoms with van der Waals surface area (Å²) in [4.78, 5) is 14.1. The molecule has 2 rings (SSSR count). The average Bonchev–Trinajstić information content (AvgIpc) is 3.01. The zero-order valence-corrected chi connectivity index (χ0v) is 13.5. The fraction of sp³-hybridized carbons (Fsp3) is 0.389. The lowest BCUT2D eigenvalue weighted by molar-refractivity contribution is -0.135. The van der Waals surface area contributed by atoms with Gasteiger partial charge in [0.15, 0.2) is 0 Å². The summed E-state index contributed by atoms with van der Waals surface area (Å²) in [6.45, 7) is 4.30. The molecule has 5 heteroatoms. The van der Waals surface area contributed by atoms with E-state index in [0.29, 0.717) is 17.9 Å². The van der Waals surface area contributed by atoms with Crippen LogP contribution in [-0.2, 0) is 17.9 Å². The van der Waals surface area contributed by atoms with Crippen molar-refractivity contribution in [2.45, 2.75) is 39.5 Å². The molecule has 1 aromatic carbocycles. The van der Waals surface area contributed by atoms with Gasteiger partial charge in [0.1, 0.15) is 11.5 Å². The smallest absolute Gasteiger partial charge is 0.225 e. The number of hydrogen-bond acceptors (Lipinski definition) is 4. The third-order valence-electron chi connectivity index (χ3n) is 3.79. The molecule has 1 atom stereocenters. The fourth-order valence-electron chi connectivity index (χ4n) is 2.22. The zero-order valence-electron chi connectivity index (χ0n) is 13.5. The number of furan rings is 1. The Balaban J connectivity index is 2.14. The number of carbonyl (C=O) groups is 1. The molecule has 0 aliphatic rings. The first-order chi connectivity index (χ1) is 11.0. The minimum atomic E-state index is -0.689. The van der Waals surface area contributed by atoms with Crippen LogP contribution in [0.4, 0.5) is 0 Å². The molecule has 124 valence electrons. The molecule has 0 saturated heterocycles. The van der Waals surface area contributed by atoms with E-state index in [1.807, 2.05) is 19.9 Å². The summed E-state index contributed by atoms with van der Waals surface area (Å²) in [6, 6.07) is 10.5. The summed E-state index contributed by atoms with van der Waals surface area (Å²) in [7, 11) is 0. The molecule has 0 spiro atoms. The van der Waals surface area contributed by atoms with E-state index < -0.39 is 6.10 Å². The van der Waals surface area contributed by atoms with Crippen molar-refractivity contribution in [1.29, 1.82) is 0 Å². The van der Waals surface area contributed by atoms with Crippen LogP contribution in [0, 0.1) is 5.92 Å². The third kappa shape index (κ3) is 4.86. The van der Waals surface area contributed by atoms with Crippen LogP contribution in [0.3, 0.4) is 0 Å². The second-order valence-corrected chi connectivity index (χ2v) is 5.97. The number of hydrogen-bond donors (Lipinski definition) is 2. The molecule has 1 heterocycles. The van der Waals surface area contributed by atoms with Crippen LogP contribution in [0.5, 0.6) is 5.75 Å². The Hall–Kier alpha value is -2.27. The Morgan fingerprint density at radius 3 is 2.52 bits per heavy atom. The maximum Gasteiger partial charge on any atom is 0.225 e. The molecular weight excluding hydrogens is 294 g/mol. The fourth-order valence-corrected chi connectivity index (χ4v) is 2.22. The number of nitrogens with zero attached hydrogens (tertiary/aromatic N) is 1. The van der Waals surface area contributed by atoms with Gasteiger partial charge in [-0.05, 0) is 24.1 Å². The van der Waals surface area contributed by atoms with E-state index in [9.17, 15) is 15.0 Å². The minimum absolute atomic E-state index is 0.00883. The van der Waals surface area contributed by atoms with Crippen molar-refractivity contribution in [2.24, 2.45) is 5.92 Å². The van der Waals surface area contributed by atoms with Crippen molar-refractivity contribution in [3.8, 4) is 5.75 Å². The van der Waals surface area contributed by atoms with Crippen molar-refractivity contribution in [3.63, 3.8) is 0 Å². The average molecular weight is 317 g/mol. The molecule has 0 bridgehead atoms. The number of aromatic hydroxyl groups is 1. The maximum atomic E-state index is 12.5. The first kappa shape index (κ1) is 17.1. The van der Waals surface area contributed by atoms with Crippen molar-refractivity contribution >= 4 is 5.91 Å². The molecule has 2 aromatic rings. The number of phenols is 1. The maximum absolute atomic E-state index is 12.5. The molecule has 0 saturated carbocycles. The first-order valence-electron chi connectivity index (χ1n) is 7.72. The molecular formula is C18H23NO4. The lowest BCUT2D eigenvalue weighted by Crippen LogP contribution is -2.33. The summed E-state index contributed by atoms with van der Waals surface area (Å²) in [5.74, 6) is 0.641. The summed E-state index contributed by atoms with van der Waals surface area (Å²) in [5, 5.41) is 19.9. The van der Waals surface area contributed by atoms with Crippen molar-refractivity contribution in [1.82, 2.24) is 4.90 Å².